The number of rotatable bonds is 2. The van der Waals surface area contributed by atoms with Crippen LogP contribution in [-0.4, -0.2) is 28.4 Å². The second kappa shape index (κ2) is 5.25. The van der Waals surface area contributed by atoms with Crippen molar-refractivity contribution < 1.29 is 14.6 Å². The molecule has 1 rings (SSSR count). The molecular weight excluding hydrogens is 218 g/mol. The maximum absolute atomic E-state index is 11.8. The predicted molar refractivity (Wildman–Crippen MR) is 66.9 cm³/mol. The van der Waals surface area contributed by atoms with Gasteiger partial charge in [-0.1, -0.05) is 19.3 Å². The lowest BCUT2D eigenvalue weighted by Crippen LogP contribution is -2.57. The highest BCUT2D eigenvalue weighted by Crippen LogP contribution is 2.31. The number of aliphatic hydroxyl groups is 1. The zero-order valence-electron chi connectivity index (χ0n) is 11.4. The smallest absolute Gasteiger partial charge is 0.408 e. The summed E-state index contributed by atoms with van der Waals surface area (Å²) in [6, 6.07) is 0. The van der Waals surface area contributed by atoms with Crippen LogP contribution in [0.1, 0.15) is 59.8 Å². The Balaban J connectivity index is 2.64. The summed E-state index contributed by atoms with van der Waals surface area (Å²) in [7, 11) is 0. The number of aliphatic hydroxyl groups excluding tert-OH is 1. The molecule has 0 aromatic rings. The van der Waals surface area contributed by atoms with Crippen LogP contribution in [0.5, 0.6) is 0 Å². The summed E-state index contributed by atoms with van der Waals surface area (Å²) < 4.78 is 5.25. The Morgan fingerprint density at radius 2 is 1.82 bits per heavy atom. The van der Waals surface area contributed by atoms with Crippen molar-refractivity contribution in [3.8, 4) is 0 Å². The molecule has 1 unspecified atom stereocenters. The van der Waals surface area contributed by atoms with Crippen molar-refractivity contribution >= 4 is 6.09 Å². The van der Waals surface area contributed by atoms with Crippen LogP contribution in [-0.2, 0) is 4.74 Å². The molecule has 0 aromatic heterocycles. The molecule has 0 aromatic carbocycles. The van der Waals surface area contributed by atoms with Gasteiger partial charge in [0.2, 0.25) is 0 Å². The number of carbonyl (C=O) groups excluding carboxylic acids is 1. The number of hydrogen-bond acceptors (Lipinski definition) is 3. The summed E-state index contributed by atoms with van der Waals surface area (Å²) in [6.07, 6.45) is 3.93. The van der Waals surface area contributed by atoms with Gasteiger partial charge in [-0.05, 0) is 40.5 Å². The Hall–Kier alpha value is -0.770. The first-order chi connectivity index (χ1) is 7.75. The summed E-state index contributed by atoms with van der Waals surface area (Å²) in [5, 5.41) is 12.8. The Morgan fingerprint density at radius 1 is 1.29 bits per heavy atom. The average molecular weight is 243 g/mol. The Labute approximate surface area is 104 Å². The van der Waals surface area contributed by atoms with E-state index < -0.39 is 23.3 Å². The number of carbonyl (C=O) groups is 1. The van der Waals surface area contributed by atoms with Crippen LogP contribution >= 0.6 is 0 Å². The SMILES string of the molecule is CC(O)C1(NC(=O)OC(C)(C)C)CCCCC1. The van der Waals surface area contributed by atoms with E-state index in [9.17, 15) is 9.90 Å². The van der Waals surface area contributed by atoms with Crippen molar-refractivity contribution in [1.29, 1.82) is 0 Å². The van der Waals surface area contributed by atoms with Crippen molar-refractivity contribution in [2.75, 3.05) is 0 Å². The monoisotopic (exact) mass is 243 g/mol. The molecule has 1 fully saturated rings. The van der Waals surface area contributed by atoms with Crippen LogP contribution in [0.25, 0.3) is 0 Å². The highest BCUT2D eigenvalue weighted by Gasteiger charge is 2.39. The molecule has 1 aliphatic carbocycles. The van der Waals surface area contributed by atoms with Gasteiger partial charge in [-0.3, -0.25) is 0 Å². The van der Waals surface area contributed by atoms with E-state index in [4.69, 9.17) is 4.74 Å². The topological polar surface area (TPSA) is 58.6 Å². The molecule has 0 heterocycles. The summed E-state index contributed by atoms with van der Waals surface area (Å²) >= 11 is 0. The zero-order chi connectivity index (χ0) is 13.1. The maximum Gasteiger partial charge on any atom is 0.408 e. The van der Waals surface area contributed by atoms with Gasteiger partial charge in [0, 0.05) is 0 Å². The van der Waals surface area contributed by atoms with Crippen molar-refractivity contribution in [1.82, 2.24) is 5.32 Å². The van der Waals surface area contributed by atoms with E-state index in [1.54, 1.807) is 6.92 Å². The molecule has 1 amide bonds. The minimum atomic E-state index is -0.546. The van der Waals surface area contributed by atoms with Crippen LogP contribution < -0.4 is 5.32 Å². The quantitative estimate of drug-likeness (QED) is 0.783. The third-order valence-corrected chi connectivity index (χ3v) is 3.30. The van der Waals surface area contributed by atoms with Gasteiger partial charge in [0.15, 0.2) is 0 Å². The van der Waals surface area contributed by atoms with E-state index in [0.717, 1.165) is 25.7 Å². The Kier molecular flexibility index (Phi) is 4.42. The molecule has 0 radical (unpaired) electrons. The number of ether oxygens (including phenoxy) is 1. The van der Waals surface area contributed by atoms with E-state index in [1.807, 2.05) is 20.8 Å². The first-order valence-corrected chi connectivity index (χ1v) is 6.44. The Morgan fingerprint density at radius 3 is 2.24 bits per heavy atom. The van der Waals surface area contributed by atoms with Gasteiger partial charge >= 0.3 is 6.09 Å². The van der Waals surface area contributed by atoms with Gasteiger partial charge < -0.3 is 15.2 Å². The molecule has 17 heavy (non-hydrogen) atoms. The molecule has 4 nitrogen and oxygen atoms in total. The average Bonchev–Trinajstić information content (AvgIpc) is 2.15. The molecule has 1 aliphatic rings. The summed E-state index contributed by atoms with van der Waals surface area (Å²) in [5.74, 6) is 0. The van der Waals surface area contributed by atoms with Crippen LogP contribution in [0, 0.1) is 0 Å². The van der Waals surface area contributed by atoms with Crippen LogP contribution in [0.2, 0.25) is 0 Å². The second-order valence-electron chi connectivity index (χ2n) is 6.02. The van der Waals surface area contributed by atoms with Crippen molar-refractivity contribution in [2.24, 2.45) is 0 Å². The van der Waals surface area contributed by atoms with E-state index in [2.05, 4.69) is 5.32 Å². The minimum absolute atomic E-state index is 0.430. The van der Waals surface area contributed by atoms with Crippen LogP contribution in [0.15, 0.2) is 0 Å². The summed E-state index contributed by atoms with van der Waals surface area (Å²) in [5.41, 5.74) is -1.00. The van der Waals surface area contributed by atoms with Crippen LogP contribution in [0.3, 0.4) is 0 Å². The van der Waals surface area contributed by atoms with Crippen LogP contribution in [0.4, 0.5) is 4.79 Å². The lowest BCUT2D eigenvalue weighted by atomic mass is 9.78. The van der Waals surface area contributed by atoms with Gasteiger partial charge in [-0.15, -0.1) is 0 Å². The highest BCUT2D eigenvalue weighted by molar-refractivity contribution is 5.69. The first kappa shape index (κ1) is 14.3. The summed E-state index contributed by atoms with van der Waals surface area (Å²) in [6.45, 7) is 7.25. The van der Waals surface area contributed by atoms with Gasteiger partial charge in [0.25, 0.3) is 0 Å². The molecule has 2 N–H and O–H groups in total. The number of nitrogens with one attached hydrogen (secondary N) is 1. The molecule has 0 spiro atoms. The molecule has 1 saturated carbocycles. The van der Waals surface area contributed by atoms with Gasteiger partial charge in [-0.25, -0.2) is 4.79 Å². The minimum Gasteiger partial charge on any atom is -0.444 e. The molecule has 100 valence electrons. The fraction of sp³-hybridized carbons (Fsp3) is 0.923. The maximum atomic E-state index is 11.8. The third-order valence-electron chi connectivity index (χ3n) is 3.30. The summed E-state index contributed by atoms with van der Waals surface area (Å²) in [4.78, 5) is 11.8. The number of amides is 1. The van der Waals surface area contributed by atoms with Crippen molar-refractivity contribution in [3.63, 3.8) is 0 Å². The fourth-order valence-electron chi connectivity index (χ4n) is 2.34. The number of hydrogen-bond donors (Lipinski definition) is 2. The van der Waals surface area contributed by atoms with E-state index in [-0.39, 0.29) is 0 Å². The van der Waals surface area contributed by atoms with Gasteiger partial charge in [0.1, 0.15) is 5.60 Å². The zero-order valence-corrected chi connectivity index (χ0v) is 11.4. The van der Waals surface area contributed by atoms with Gasteiger partial charge in [0.05, 0.1) is 11.6 Å². The molecule has 1 atom stereocenters. The van der Waals surface area contributed by atoms with Crippen molar-refractivity contribution in [3.05, 3.63) is 0 Å². The second-order valence-corrected chi connectivity index (χ2v) is 6.02. The van der Waals surface area contributed by atoms with Crippen molar-refractivity contribution in [2.45, 2.75) is 77.0 Å². The fourth-order valence-corrected chi connectivity index (χ4v) is 2.34. The van der Waals surface area contributed by atoms with E-state index in [0.29, 0.717) is 0 Å². The molecular formula is C13H25NO3. The molecule has 0 bridgehead atoms. The normalized spacial score (nSPS) is 21.7. The van der Waals surface area contributed by atoms with E-state index >= 15 is 0 Å². The lowest BCUT2D eigenvalue weighted by molar-refractivity contribution is 0.0142. The molecule has 0 aliphatic heterocycles. The number of alkyl carbamates (subject to hydrolysis) is 1. The predicted octanol–water partition coefficient (Wildman–Crippen LogP) is 2.59. The largest absolute Gasteiger partial charge is 0.444 e. The first-order valence-electron chi connectivity index (χ1n) is 6.44. The van der Waals surface area contributed by atoms with E-state index in [1.165, 1.54) is 6.42 Å². The Bertz CT molecular complexity index is 262. The van der Waals surface area contributed by atoms with Gasteiger partial charge in [-0.2, -0.15) is 0 Å². The molecule has 4 heteroatoms. The standard InChI is InChI=1S/C13H25NO3/c1-10(15)13(8-6-5-7-9-13)14-11(16)17-12(2,3)4/h10,15H,5-9H2,1-4H3,(H,14,16). The highest BCUT2D eigenvalue weighted by atomic mass is 16.6. The lowest BCUT2D eigenvalue weighted by Gasteiger charge is -2.40. The molecule has 0 saturated heterocycles. The third kappa shape index (κ3) is 4.19.